The average molecular weight is 374 g/mol. The number of aromatic nitrogens is 2. The fraction of sp³-hybridized carbons (Fsp3) is 0.304. The van der Waals surface area contributed by atoms with Gasteiger partial charge in [0.2, 0.25) is 0 Å². The van der Waals surface area contributed by atoms with Gasteiger partial charge in [0.05, 0.1) is 11.4 Å². The first-order valence-electron chi connectivity index (χ1n) is 9.81. The molecular formula is C23H26N4O. The lowest BCUT2D eigenvalue weighted by Gasteiger charge is -2.28. The first-order valence-corrected chi connectivity index (χ1v) is 9.81. The van der Waals surface area contributed by atoms with Crippen LogP contribution in [-0.2, 0) is 13.0 Å². The maximum Gasteiger partial charge on any atom is 0.251 e. The molecule has 0 saturated carbocycles. The summed E-state index contributed by atoms with van der Waals surface area (Å²) in [7, 11) is 0. The number of fused-ring (bicyclic) bond motifs is 1. The van der Waals surface area contributed by atoms with Crippen LogP contribution in [0.5, 0.6) is 0 Å². The molecular weight excluding hydrogens is 348 g/mol. The van der Waals surface area contributed by atoms with E-state index in [2.05, 4.69) is 39.6 Å². The maximum absolute atomic E-state index is 12.5. The Kier molecular flexibility index (Phi) is 5.26. The maximum atomic E-state index is 12.5. The second-order valence-corrected chi connectivity index (χ2v) is 7.44. The predicted molar refractivity (Wildman–Crippen MR) is 111 cm³/mol. The van der Waals surface area contributed by atoms with Crippen LogP contribution in [0.25, 0.3) is 5.69 Å². The molecule has 0 aliphatic carbocycles. The molecule has 1 amide bonds. The van der Waals surface area contributed by atoms with Gasteiger partial charge in [0.15, 0.2) is 0 Å². The first kappa shape index (κ1) is 18.4. The summed E-state index contributed by atoms with van der Waals surface area (Å²) in [5.74, 6) is -0.0303. The van der Waals surface area contributed by atoms with E-state index in [1.165, 1.54) is 11.1 Å². The molecule has 5 nitrogen and oxygen atoms in total. The minimum Gasteiger partial charge on any atom is -0.351 e. The minimum atomic E-state index is -0.0303. The van der Waals surface area contributed by atoms with E-state index >= 15 is 0 Å². The third-order valence-electron chi connectivity index (χ3n) is 5.31. The second-order valence-electron chi connectivity index (χ2n) is 7.44. The summed E-state index contributed by atoms with van der Waals surface area (Å²) >= 11 is 0. The van der Waals surface area contributed by atoms with Crippen LogP contribution in [0.3, 0.4) is 0 Å². The third-order valence-corrected chi connectivity index (χ3v) is 5.31. The van der Waals surface area contributed by atoms with Gasteiger partial charge >= 0.3 is 0 Å². The van der Waals surface area contributed by atoms with Gasteiger partial charge in [-0.3, -0.25) is 9.69 Å². The van der Waals surface area contributed by atoms with Gasteiger partial charge in [0.25, 0.3) is 5.91 Å². The molecule has 1 N–H and O–H groups in total. The highest BCUT2D eigenvalue weighted by Gasteiger charge is 2.15. The predicted octanol–water partition coefficient (Wildman–Crippen LogP) is 3.28. The van der Waals surface area contributed by atoms with E-state index in [1.807, 2.05) is 48.9 Å². The normalized spacial score (nSPS) is 13.9. The summed E-state index contributed by atoms with van der Waals surface area (Å²) in [6, 6.07) is 18.3. The smallest absolute Gasteiger partial charge is 0.251 e. The Bertz CT molecular complexity index is 975. The Hall–Kier alpha value is -2.92. The van der Waals surface area contributed by atoms with Gasteiger partial charge in [-0.1, -0.05) is 24.3 Å². The van der Waals surface area contributed by atoms with E-state index in [1.54, 1.807) is 0 Å². The van der Waals surface area contributed by atoms with Crippen LogP contribution in [0.1, 0.15) is 32.9 Å². The van der Waals surface area contributed by atoms with E-state index < -0.39 is 0 Å². The van der Waals surface area contributed by atoms with Gasteiger partial charge < -0.3 is 5.32 Å². The highest BCUT2D eigenvalue weighted by atomic mass is 16.1. The molecule has 0 atom stereocenters. The largest absolute Gasteiger partial charge is 0.351 e. The molecule has 2 aromatic carbocycles. The Morgan fingerprint density at radius 3 is 2.54 bits per heavy atom. The number of amides is 1. The van der Waals surface area contributed by atoms with E-state index in [4.69, 9.17) is 0 Å². The van der Waals surface area contributed by atoms with Gasteiger partial charge in [-0.25, -0.2) is 4.68 Å². The van der Waals surface area contributed by atoms with Crippen molar-refractivity contribution in [2.45, 2.75) is 26.8 Å². The Balaban J connectivity index is 1.30. The number of carbonyl (C=O) groups excluding carboxylic acids is 1. The molecule has 144 valence electrons. The minimum absolute atomic E-state index is 0.0303. The van der Waals surface area contributed by atoms with Gasteiger partial charge in [0.1, 0.15) is 0 Å². The molecule has 0 bridgehead atoms. The van der Waals surface area contributed by atoms with Crippen molar-refractivity contribution in [1.29, 1.82) is 0 Å². The zero-order chi connectivity index (χ0) is 19.5. The molecule has 2 heterocycles. The zero-order valence-electron chi connectivity index (χ0n) is 16.5. The standard InChI is InChI=1S/C23H26N4O/c1-17-15-18(2)27(25-17)22-9-7-20(8-10-22)23(28)24-12-14-26-13-11-19-5-3-4-6-21(19)16-26/h3-10,15H,11-14,16H2,1-2H3,(H,24,28). The number of hydrogen-bond acceptors (Lipinski definition) is 3. The quantitative estimate of drug-likeness (QED) is 0.746. The van der Waals surface area contributed by atoms with Crippen molar-refractivity contribution in [3.05, 3.63) is 82.7 Å². The lowest BCUT2D eigenvalue weighted by atomic mass is 10.00. The van der Waals surface area contributed by atoms with Crippen molar-refractivity contribution >= 4 is 5.91 Å². The van der Waals surface area contributed by atoms with Crippen molar-refractivity contribution in [2.75, 3.05) is 19.6 Å². The lowest BCUT2D eigenvalue weighted by Crippen LogP contribution is -2.37. The van der Waals surface area contributed by atoms with E-state index in [-0.39, 0.29) is 5.91 Å². The number of benzene rings is 2. The monoisotopic (exact) mass is 374 g/mol. The average Bonchev–Trinajstić information content (AvgIpc) is 3.06. The van der Waals surface area contributed by atoms with Gasteiger partial charge in [-0.05, 0) is 61.7 Å². The molecule has 5 heteroatoms. The number of hydrogen-bond donors (Lipinski definition) is 1. The van der Waals surface area contributed by atoms with Crippen LogP contribution in [0.2, 0.25) is 0 Å². The fourth-order valence-corrected chi connectivity index (χ4v) is 3.82. The van der Waals surface area contributed by atoms with Crippen LogP contribution >= 0.6 is 0 Å². The molecule has 0 fully saturated rings. The molecule has 3 aromatic rings. The first-order chi connectivity index (χ1) is 13.6. The molecule has 0 spiro atoms. The summed E-state index contributed by atoms with van der Waals surface area (Å²) in [4.78, 5) is 14.8. The molecule has 1 aliphatic rings. The molecule has 4 rings (SSSR count). The molecule has 1 aromatic heterocycles. The van der Waals surface area contributed by atoms with E-state index in [0.29, 0.717) is 12.1 Å². The van der Waals surface area contributed by atoms with Crippen molar-refractivity contribution in [3.63, 3.8) is 0 Å². The zero-order valence-corrected chi connectivity index (χ0v) is 16.5. The topological polar surface area (TPSA) is 50.2 Å². The third kappa shape index (κ3) is 3.99. The van der Waals surface area contributed by atoms with Crippen LogP contribution in [0.15, 0.2) is 54.6 Å². The fourth-order valence-electron chi connectivity index (χ4n) is 3.82. The highest BCUT2D eigenvalue weighted by molar-refractivity contribution is 5.94. The number of nitrogens with one attached hydrogen (secondary N) is 1. The molecule has 0 saturated heterocycles. The lowest BCUT2D eigenvalue weighted by molar-refractivity contribution is 0.0947. The summed E-state index contributed by atoms with van der Waals surface area (Å²) < 4.78 is 1.89. The number of rotatable bonds is 5. The van der Waals surface area contributed by atoms with Crippen LogP contribution in [0, 0.1) is 13.8 Å². The van der Waals surface area contributed by atoms with Crippen molar-refractivity contribution in [2.24, 2.45) is 0 Å². The molecule has 0 radical (unpaired) electrons. The number of nitrogens with zero attached hydrogens (tertiary/aromatic N) is 3. The molecule has 0 unspecified atom stereocenters. The van der Waals surface area contributed by atoms with E-state index in [9.17, 15) is 4.79 Å². The van der Waals surface area contributed by atoms with Gasteiger partial charge in [-0.2, -0.15) is 5.10 Å². The van der Waals surface area contributed by atoms with Crippen LogP contribution in [0.4, 0.5) is 0 Å². The summed E-state index contributed by atoms with van der Waals surface area (Å²) in [5, 5.41) is 7.52. The number of carbonyl (C=O) groups is 1. The van der Waals surface area contributed by atoms with Crippen molar-refractivity contribution in [3.8, 4) is 5.69 Å². The van der Waals surface area contributed by atoms with Crippen molar-refractivity contribution < 1.29 is 4.79 Å². The van der Waals surface area contributed by atoms with Gasteiger partial charge in [-0.15, -0.1) is 0 Å². The SMILES string of the molecule is Cc1cc(C)n(-c2ccc(C(=O)NCCN3CCc4ccccc4C3)cc2)n1. The van der Waals surface area contributed by atoms with Crippen LogP contribution < -0.4 is 5.32 Å². The summed E-state index contributed by atoms with van der Waals surface area (Å²) in [6.07, 6.45) is 1.08. The Labute approximate surface area is 166 Å². The van der Waals surface area contributed by atoms with Gasteiger partial charge in [0, 0.05) is 37.4 Å². The number of aryl methyl sites for hydroxylation is 2. The molecule has 28 heavy (non-hydrogen) atoms. The van der Waals surface area contributed by atoms with Crippen molar-refractivity contribution in [1.82, 2.24) is 20.0 Å². The Morgan fingerprint density at radius 2 is 1.82 bits per heavy atom. The second kappa shape index (κ2) is 7.98. The highest BCUT2D eigenvalue weighted by Crippen LogP contribution is 2.18. The van der Waals surface area contributed by atoms with Crippen LogP contribution in [-0.4, -0.2) is 40.2 Å². The summed E-state index contributed by atoms with van der Waals surface area (Å²) in [6.45, 7) is 7.53. The van der Waals surface area contributed by atoms with E-state index in [0.717, 1.165) is 43.1 Å². The Morgan fingerprint density at radius 1 is 1.07 bits per heavy atom. The summed E-state index contributed by atoms with van der Waals surface area (Å²) in [5.41, 5.74) is 6.56. The molecule has 1 aliphatic heterocycles.